The Kier molecular flexibility index (Phi) is 4.70. The maximum atomic E-state index is 11.2. The first-order chi connectivity index (χ1) is 12.0. The van der Waals surface area contributed by atoms with Crippen LogP contribution in [0.4, 0.5) is 11.6 Å². The molecule has 6 nitrogen and oxygen atoms in total. The molecule has 6 heteroatoms. The number of nitrogens with zero attached hydrogens (tertiary/aromatic N) is 3. The van der Waals surface area contributed by atoms with Crippen molar-refractivity contribution in [2.45, 2.75) is 20.8 Å². The lowest BCUT2D eigenvalue weighted by atomic mass is 10.2. The molecular weight excluding hydrogens is 314 g/mol. The maximum Gasteiger partial charge on any atom is 0.222 e. The second-order valence-electron chi connectivity index (χ2n) is 5.85. The van der Waals surface area contributed by atoms with Crippen molar-refractivity contribution < 1.29 is 4.79 Å². The van der Waals surface area contributed by atoms with E-state index in [2.05, 4.69) is 25.8 Å². The molecule has 0 aliphatic rings. The van der Waals surface area contributed by atoms with E-state index in [9.17, 15) is 4.79 Å². The normalized spacial score (nSPS) is 11.0. The summed E-state index contributed by atoms with van der Waals surface area (Å²) in [6, 6.07) is 13.6. The number of fused-ring (bicyclic) bond motifs is 1. The van der Waals surface area contributed by atoms with Gasteiger partial charge in [-0.05, 0) is 43.2 Å². The van der Waals surface area contributed by atoms with Gasteiger partial charge in [0.05, 0.1) is 6.21 Å². The van der Waals surface area contributed by atoms with E-state index in [-0.39, 0.29) is 5.91 Å². The lowest BCUT2D eigenvalue weighted by Gasteiger charge is -2.07. The molecule has 0 spiro atoms. The minimum atomic E-state index is -0.166. The highest BCUT2D eigenvalue weighted by molar-refractivity contribution is 5.90. The molecule has 2 heterocycles. The topological polar surface area (TPSA) is 79.3 Å². The first-order valence-corrected chi connectivity index (χ1v) is 7.93. The lowest BCUT2D eigenvalue weighted by molar-refractivity contribution is -0.114. The molecule has 25 heavy (non-hydrogen) atoms. The smallest absolute Gasteiger partial charge is 0.222 e. The van der Waals surface area contributed by atoms with Crippen molar-refractivity contribution in [2.75, 3.05) is 10.7 Å². The van der Waals surface area contributed by atoms with Gasteiger partial charge in [-0.25, -0.2) is 9.97 Å². The quantitative estimate of drug-likeness (QED) is 0.564. The highest BCUT2D eigenvalue weighted by Gasteiger charge is 2.06. The Morgan fingerprint density at radius 2 is 1.76 bits per heavy atom. The summed E-state index contributed by atoms with van der Waals surface area (Å²) >= 11 is 0. The summed E-state index contributed by atoms with van der Waals surface area (Å²) in [6.07, 6.45) is 1.74. The lowest BCUT2D eigenvalue weighted by Crippen LogP contribution is -2.07. The molecule has 0 unspecified atom stereocenters. The summed E-state index contributed by atoms with van der Waals surface area (Å²) in [5, 5.41) is 7.82. The van der Waals surface area contributed by atoms with Gasteiger partial charge in [-0.3, -0.25) is 10.2 Å². The highest BCUT2D eigenvalue weighted by atomic mass is 16.1. The number of hydrogen-bond donors (Lipinski definition) is 2. The standard InChI is InChI=1S/C19H19N5O/c1-12-4-6-15(7-5-12)11-20-24-18-10-13(2)16-8-9-17(21-14(3)25)22-19(16)23-18/h4-11H,1-3H3,(H2,21,22,23,24,25)/b20-11+. The molecule has 0 radical (unpaired) electrons. The Labute approximate surface area is 146 Å². The van der Waals surface area contributed by atoms with Crippen LogP contribution < -0.4 is 10.7 Å². The van der Waals surface area contributed by atoms with Crippen molar-refractivity contribution in [3.8, 4) is 0 Å². The van der Waals surface area contributed by atoms with E-state index in [1.807, 2.05) is 50.2 Å². The Bertz CT molecular complexity index is 948. The zero-order chi connectivity index (χ0) is 17.8. The average Bonchev–Trinajstić information content (AvgIpc) is 2.56. The summed E-state index contributed by atoms with van der Waals surface area (Å²) < 4.78 is 0. The van der Waals surface area contributed by atoms with Crippen molar-refractivity contribution in [3.05, 3.63) is 59.2 Å². The largest absolute Gasteiger partial charge is 0.311 e. The summed E-state index contributed by atoms with van der Waals surface area (Å²) in [6.45, 7) is 5.48. The van der Waals surface area contributed by atoms with Crippen LogP contribution in [0.15, 0.2) is 47.6 Å². The molecular formula is C19H19N5O. The number of nitrogens with one attached hydrogen (secondary N) is 2. The molecule has 2 aromatic heterocycles. The molecule has 0 saturated heterocycles. The van der Waals surface area contributed by atoms with E-state index in [0.717, 1.165) is 16.5 Å². The van der Waals surface area contributed by atoms with Crippen molar-refractivity contribution >= 4 is 34.8 Å². The molecule has 0 aliphatic carbocycles. The fourth-order valence-electron chi connectivity index (χ4n) is 2.40. The van der Waals surface area contributed by atoms with Crippen LogP contribution in [0.25, 0.3) is 11.0 Å². The van der Waals surface area contributed by atoms with Crippen molar-refractivity contribution in [2.24, 2.45) is 5.10 Å². The summed E-state index contributed by atoms with van der Waals surface area (Å²) in [4.78, 5) is 20.0. The van der Waals surface area contributed by atoms with Gasteiger partial charge in [0, 0.05) is 12.3 Å². The van der Waals surface area contributed by atoms with E-state index in [1.165, 1.54) is 12.5 Å². The van der Waals surface area contributed by atoms with Gasteiger partial charge >= 0.3 is 0 Å². The van der Waals surface area contributed by atoms with Gasteiger partial charge in [0.1, 0.15) is 11.6 Å². The summed E-state index contributed by atoms with van der Waals surface area (Å²) in [5.74, 6) is 0.911. The minimum absolute atomic E-state index is 0.166. The maximum absolute atomic E-state index is 11.2. The predicted octanol–water partition coefficient (Wildman–Crippen LogP) is 3.65. The van der Waals surface area contributed by atoms with Gasteiger partial charge < -0.3 is 5.32 Å². The number of pyridine rings is 2. The van der Waals surface area contributed by atoms with Gasteiger partial charge in [-0.2, -0.15) is 5.10 Å². The molecule has 2 N–H and O–H groups in total. The van der Waals surface area contributed by atoms with Crippen LogP contribution in [0.3, 0.4) is 0 Å². The molecule has 0 bridgehead atoms. The Morgan fingerprint density at radius 3 is 2.48 bits per heavy atom. The van der Waals surface area contributed by atoms with Gasteiger partial charge in [0.15, 0.2) is 5.65 Å². The number of rotatable bonds is 4. The zero-order valence-electron chi connectivity index (χ0n) is 14.4. The monoisotopic (exact) mass is 333 g/mol. The molecule has 0 saturated carbocycles. The van der Waals surface area contributed by atoms with E-state index < -0.39 is 0 Å². The fourth-order valence-corrected chi connectivity index (χ4v) is 2.40. The third kappa shape index (κ3) is 4.17. The second-order valence-corrected chi connectivity index (χ2v) is 5.85. The van der Waals surface area contributed by atoms with Crippen molar-refractivity contribution in [1.82, 2.24) is 9.97 Å². The predicted molar refractivity (Wildman–Crippen MR) is 101 cm³/mol. The Balaban J connectivity index is 1.83. The van der Waals surface area contributed by atoms with Crippen molar-refractivity contribution in [3.63, 3.8) is 0 Å². The Morgan fingerprint density at radius 1 is 1.04 bits per heavy atom. The van der Waals surface area contributed by atoms with Gasteiger partial charge in [0.25, 0.3) is 0 Å². The summed E-state index contributed by atoms with van der Waals surface area (Å²) in [7, 11) is 0. The average molecular weight is 333 g/mol. The molecule has 0 fully saturated rings. The molecule has 0 atom stereocenters. The first-order valence-electron chi connectivity index (χ1n) is 7.93. The van der Waals surface area contributed by atoms with Gasteiger partial charge in [-0.1, -0.05) is 29.8 Å². The third-order valence-electron chi connectivity index (χ3n) is 3.65. The second kappa shape index (κ2) is 7.09. The van der Waals surface area contributed by atoms with E-state index in [4.69, 9.17) is 0 Å². The fraction of sp³-hybridized carbons (Fsp3) is 0.158. The number of aromatic nitrogens is 2. The van der Waals surface area contributed by atoms with E-state index >= 15 is 0 Å². The van der Waals surface area contributed by atoms with Crippen LogP contribution in [0, 0.1) is 13.8 Å². The number of hydrogen-bond acceptors (Lipinski definition) is 5. The number of hydrazone groups is 1. The van der Waals surface area contributed by atoms with Crippen LogP contribution in [-0.2, 0) is 4.79 Å². The molecule has 0 aliphatic heterocycles. The van der Waals surface area contributed by atoms with E-state index in [0.29, 0.717) is 17.3 Å². The number of amides is 1. The molecule has 3 rings (SSSR count). The Hall–Kier alpha value is -3.28. The van der Waals surface area contributed by atoms with Gasteiger partial charge in [0.2, 0.25) is 5.91 Å². The SMILES string of the molecule is CC(=O)Nc1ccc2c(C)cc(N/N=C/c3ccc(C)cc3)nc2n1. The van der Waals surface area contributed by atoms with Gasteiger partial charge in [-0.15, -0.1) is 0 Å². The number of anilines is 2. The molecule has 1 amide bonds. The summed E-state index contributed by atoms with van der Waals surface area (Å²) in [5.41, 5.74) is 6.72. The number of carbonyl (C=O) groups is 1. The number of aryl methyl sites for hydroxylation is 2. The van der Waals surface area contributed by atoms with Crippen molar-refractivity contribution in [1.29, 1.82) is 0 Å². The van der Waals surface area contributed by atoms with E-state index in [1.54, 1.807) is 12.3 Å². The first kappa shape index (κ1) is 16.6. The van der Waals surface area contributed by atoms with Crippen LogP contribution in [-0.4, -0.2) is 22.1 Å². The highest BCUT2D eigenvalue weighted by Crippen LogP contribution is 2.20. The zero-order valence-corrected chi connectivity index (χ0v) is 14.4. The van der Waals surface area contributed by atoms with Crippen LogP contribution >= 0.6 is 0 Å². The third-order valence-corrected chi connectivity index (χ3v) is 3.65. The van der Waals surface area contributed by atoms with Crippen LogP contribution in [0.1, 0.15) is 23.6 Å². The molecule has 3 aromatic rings. The molecule has 1 aromatic carbocycles. The van der Waals surface area contributed by atoms with Crippen LogP contribution in [0.5, 0.6) is 0 Å². The number of carbonyl (C=O) groups excluding carboxylic acids is 1. The van der Waals surface area contributed by atoms with Crippen LogP contribution in [0.2, 0.25) is 0 Å². The molecule has 126 valence electrons. The number of benzene rings is 1. The minimum Gasteiger partial charge on any atom is -0.311 e.